The molecule has 32 heavy (non-hydrogen) atoms. The lowest BCUT2D eigenvalue weighted by atomic mass is 9.99. The Morgan fingerprint density at radius 1 is 1.25 bits per heavy atom. The van der Waals surface area contributed by atoms with Crippen molar-refractivity contribution in [2.24, 2.45) is 5.92 Å². The summed E-state index contributed by atoms with van der Waals surface area (Å²) in [7, 11) is 3.47. The summed E-state index contributed by atoms with van der Waals surface area (Å²) in [6.45, 7) is 4.31. The van der Waals surface area contributed by atoms with E-state index in [2.05, 4.69) is 10.6 Å². The lowest BCUT2D eigenvalue weighted by Gasteiger charge is -2.23. The van der Waals surface area contributed by atoms with E-state index in [9.17, 15) is 14.4 Å². The third-order valence-electron chi connectivity index (χ3n) is 5.77. The van der Waals surface area contributed by atoms with Gasteiger partial charge >= 0.3 is 0 Å². The first-order chi connectivity index (χ1) is 14.8. The molecule has 2 amide bonds. The van der Waals surface area contributed by atoms with Crippen LogP contribution in [0, 0.1) is 12.8 Å². The Bertz CT molecular complexity index is 997. The molecule has 7 nitrogen and oxygen atoms in total. The van der Waals surface area contributed by atoms with Gasteiger partial charge in [-0.3, -0.25) is 14.4 Å². The average Bonchev–Trinajstić information content (AvgIpc) is 2.75. The van der Waals surface area contributed by atoms with E-state index in [1.807, 2.05) is 24.3 Å². The van der Waals surface area contributed by atoms with E-state index >= 15 is 0 Å². The Morgan fingerprint density at radius 3 is 2.72 bits per heavy atom. The molecule has 1 fully saturated rings. The normalized spacial score (nSPS) is 15.5. The molecule has 2 N–H and O–H groups in total. The number of aromatic nitrogens is 1. The van der Waals surface area contributed by atoms with Crippen molar-refractivity contribution in [2.45, 2.75) is 39.2 Å². The second-order valence-electron chi connectivity index (χ2n) is 8.49. The zero-order valence-electron chi connectivity index (χ0n) is 19.0. The van der Waals surface area contributed by atoms with Gasteiger partial charge in [0.25, 0.3) is 11.5 Å². The van der Waals surface area contributed by atoms with Crippen LogP contribution in [0.2, 0.25) is 0 Å². The monoisotopic (exact) mass is 460 g/mol. The van der Waals surface area contributed by atoms with Crippen molar-refractivity contribution in [2.75, 3.05) is 32.5 Å². The van der Waals surface area contributed by atoms with Crippen LogP contribution < -0.4 is 16.2 Å². The minimum atomic E-state index is -0.403. The predicted octanol–water partition coefficient (Wildman–Crippen LogP) is 2.85. The lowest BCUT2D eigenvalue weighted by Crippen LogP contribution is -2.36. The molecule has 0 bridgehead atoms. The van der Waals surface area contributed by atoms with Crippen molar-refractivity contribution in [1.29, 1.82) is 0 Å². The van der Waals surface area contributed by atoms with Crippen molar-refractivity contribution in [3.63, 3.8) is 0 Å². The third-order valence-corrected chi connectivity index (χ3v) is 5.77. The molecule has 174 valence electrons. The fourth-order valence-corrected chi connectivity index (χ4v) is 3.92. The summed E-state index contributed by atoms with van der Waals surface area (Å²) in [5.41, 5.74) is 2.16. The maximum atomic E-state index is 13.0. The molecule has 1 aliphatic rings. The Kier molecular flexibility index (Phi) is 9.47. The average molecular weight is 461 g/mol. The summed E-state index contributed by atoms with van der Waals surface area (Å²) in [5.74, 6) is 0.0508. The van der Waals surface area contributed by atoms with Gasteiger partial charge in [-0.1, -0.05) is 12.1 Å². The van der Waals surface area contributed by atoms with Gasteiger partial charge in [0.05, 0.1) is 0 Å². The molecule has 1 aromatic heterocycles. The number of piperidine rings is 1. The number of rotatable bonds is 7. The summed E-state index contributed by atoms with van der Waals surface area (Å²) in [4.78, 5) is 39.4. The largest absolute Gasteiger partial charge is 0.349 e. The number of nitrogens with zero attached hydrogens (tertiary/aromatic N) is 2. The first-order valence-corrected chi connectivity index (χ1v) is 10.9. The van der Waals surface area contributed by atoms with E-state index in [-0.39, 0.29) is 29.4 Å². The Balaban J connectivity index is 0.00000363. The van der Waals surface area contributed by atoms with E-state index in [0.717, 1.165) is 31.5 Å². The molecule has 8 heteroatoms. The maximum Gasteiger partial charge on any atom is 0.263 e. The fourth-order valence-electron chi connectivity index (χ4n) is 3.92. The van der Waals surface area contributed by atoms with Gasteiger partial charge in [0.15, 0.2) is 0 Å². The first kappa shape index (κ1) is 25.6. The van der Waals surface area contributed by atoms with Gasteiger partial charge in [0, 0.05) is 38.9 Å². The van der Waals surface area contributed by atoms with Gasteiger partial charge in [-0.15, -0.1) is 12.4 Å². The van der Waals surface area contributed by atoms with Crippen LogP contribution in [0.3, 0.4) is 0 Å². The number of nitrogens with one attached hydrogen (secondary N) is 2. The van der Waals surface area contributed by atoms with E-state index in [1.165, 1.54) is 0 Å². The highest BCUT2D eigenvalue weighted by Gasteiger charge is 2.19. The van der Waals surface area contributed by atoms with Crippen molar-refractivity contribution in [3.8, 4) is 0 Å². The number of aryl methyl sites for hydroxylation is 2. The topological polar surface area (TPSA) is 83.4 Å². The van der Waals surface area contributed by atoms with E-state index < -0.39 is 5.91 Å². The molecule has 3 rings (SSSR count). The fraction of sp³-hybridized carbons (Fsp3) is 0.458. The number of carbonyl (C=O) groups excluding carboxylic acids is 2. The molecular weight excluding hydrogens is 428 g/mol. The quantitative estimate of drug-likeness (QED) is 0.665. The second-order valence-corrected chi connectivity index (χ2v) is 8.49. The molecule has 0 aliphatic carbocycles. The van der Waals surface area contributed by atoms with Gasteiger partial charge in [-0.05, 0) is 74.5 Å². The van der Waals surface area contributed by atoms with Gasteiger partial charge < -0.3 is 20.1 Å². The molecule has 1 atom stereocenters. The molecule has 1 aromatic carbocycles. The highest BCUT2D eigenvalue weighted by Crippen LogP contribution is 2.16. The molecule has 0 radical (unpaired) electrons. The number of halogens is 1. The third kappa shape index (κ3) is 6.68. The van der Waals surface area contributed by atoms with Crippen LogP contribution in [-0.2, 0) is 17.8 Å². The van der Waals surface area contributed by atoms with Crippen molar-refractivity contribution in [1.82, 2.24) is 14.8 Å². The van der Waals surface area contributed by atoms with E-state index in [1.54, 1.807) is 42.7 Å². The van der Waals surface area contributed by atoms with Crippen LogP contribution in [0.15, 0.2) is 41.3 Å². The zero-order valence-corrected chi connectivity index (χ0v) is 19.8. The smallest absolute Gasteiger partial charge is 0.263 e. The summed E-state index contributed by atoms with van der Waals surface area (Å²) in [6.07, 6.45) is 4.97. The predicted molar refractivity (Wildman–Crippen MR) is 130 cm³/mol. The maximum absolute atomic E-state index is 13.0. The summed E-state index contributed by atoms with van der Waals surface area (Å²) < 4.78 is 1.66. The number of hydrogen-bond donors (Lipinski definition) is 2. The van der Waals surface area contributed by atoms with Crippen molar-refractivity contribution in [3.05, 3.63) is 63.6 Å². The van der Waals surface area contributed by atoms with Crippen LogP contribution in [0.5, 0.6) is 0 Å². The Labute approximate surface area is 195 Å². The van der Waals surface area contributed by atoms with Crippen LogP contribution in [0.4, 0.5) is 5.69 Å². The standard InChI is InChI=1S/C24H32N4O3.ClH/c1-17-11-13-28(16-19-7-5-12-25-15-19)24(31)22(17)23(30)26-20-8-4-6-18(14-20)9-10-21(29)27(2)3;/h4,6,8,11,13-14,19,25H,5,7,9-10,12,15-16H2,1-3H3,(H,26,30);1H. The molecule has 2 heterocycles. The number of amides is 2. The molecule has 1 saturated heterocycles. The van der Waals surface area contributed by atoms with Crippen LogP contribution in [-0.4, -0.2) is 48.5 Å². The summed E-state index contributed by atoms with van der Waals surface area (Å²) in [5, 5.41) is 6.23. The first-order valence-electron chi connectivity index (χ1n) is 10.9. The van der Waals surface area contributed by atoms with Gasteiger partial charge in [-0.2, -0.15) is 0 Å². The van der Waals surface area contributed by atoms with Crippen molar-refractivity contribution < 1.29 is 9.59 Å². The highest BCUT2D eigenvalue weighted by molar-refractivity contribution is 6.05. The van der Waals surface area contributed by atoms with Crippen LogP contribution >= 0.6 is 12.4 Å². The zero-order chi connectivity index (χ0) is 22.4. The molecular formula is C24H33ClN4O3. The second kappa shape index (κ2) is 11.8. The van der Waals surface area contributed by atoms with Gasteiger partial charge in [-0.25, -0.2) is 0 Å². The van der Waals surface area contributed by atoms with Crippen LogP contribution in [0.1, 0.15) is 40.7 Å². The Hall–Kier alpha value is -2.64. The highest BCUT2D eigenvalue weighted by atomic mass is 35.5. The molecule has 1 aliphatic heterocycles. The Morgan fingerprint density at radius 2 is 2.03 bits per heavy atom. The molecule has 2 aromatic rings. The number of carbonyl (C=O) groups is 2. The SMILES string of the molecule is Cc1ccn(CC2CCCNC2)c(=O)c1C(=O)Nc1cccc(CCC(=O)N(C)C)c1.Cl. The number of benzene rings is 1. The molecule has 0 spiro atoms. The number of hydrogen-bond acceptors (Lipinski definition) is 4. The number of anilines is 1. The van der Waals surface area contributed by atoms with E-state index in [4.69, 9.17) is 0 Å². The molecule has 0 saturated carbocycles. The van der Waals surface area contributed by atoms with Crippen LogP contribution in [0.25, 0.3) is 0 Å². The minimum Gasteiger partial charge on any atom is -0.349 e. The lowest BCUT2D eigenvalue weighted by molar-refractivity contribution is -0.128. The van der Waals surface area contributed by atoms with E-state index in [0.29, 0.717) is 36.6 Å². The summed E-state index contributed by atoms with van der Waals surface area (Å²) >= 11 is 0. The molecule has 1 unspecified atom stereocenters. The van der Waals surface area contributed by atoms with Gasteiger partial charge in [0.1, 0.15) is 5.56 Å². The van der Waals surface area contributed by atoms with Crippen molar-refractivity contribution >= 4 is 29.9 Å². The number of pyridine rings is 1. The minimum absolute atomic E-state index is 0. The summed E-state index contributed by atoms with van der Waals surface area (Å²) in [6, 6.07) is 9.25. The van der Waals surface area contributed by atoms with Gasteiger partial charge in [0.2, 0.25) is 5.91 Å².